The molecule has 0 saturated carbocycles. The van der Waals surface area contributed by atoms with E-state index < -0.39 is 15.1 Å². The Balaban J connectivity index is 2.56. The molecule has 1 aliphatic rings. The van der Waals surface area contributed by atoms with Gasteiger partial charge in [0.2, 0.25) is 0 Å². The first-order chi connectivity index (χ1) is 8.84. The maximum Gasteiger partial charge on any atom is 0.252 e. The van der Waals surface area contributed by atoms with Crippen LogP contribution >= 0.6 is 11.6 Å². The van der Waals surface area contributed by atoms with Crippen molar-refractivity contribution in [1.82, 2.24) is 0 Å². The number of ether oxygens (including phenoxy) is 2. The topological polar surface area (TPSA) is 69.7 Å². The lowest BCUT2D eigenvalue weighted by Crippen LogP contribution is -2.19. The van der Waals surface area contributed by atoms with Crippen molar-refractivity contribution in [2.24, 2.45) is 0 Å². The standard InChI is InChI=1S/C12H13ClO5S/c1-17-6-7-5-9-8(12(13)14)3-4-10(11(9)18-7)19(2,15)16/h3-4,7H,5-6H2,1-2H3. The lowest BCUT2D eigenvalue weighted by atomic mass is 10.0. The molecule has 0 aromatic heterocycles. The first-order valence-electron chi connectivity index (χ1n) is 5.56. The summed E-state index contributed by atoms with van der Waals surface area (Å²) in [5, 5.41) is -0.627. The molecule has 1 aromatic carbocycles. The van der Waals surface area contributed by atoms with E-state index in [1.54, 1.807) is 0 Å². The highest BCUT2D eigenvalue weighted by molar-refractivity contribution is 7.90. The minimum Gasteiger partial charge on any atom is -0.486 e. The van der Waals surface area contributed by atoms with Gasteiger partial charge in [-0.1, -0.05) is 0 Å². The predicted octanol–water partition coefficient (Wildman–Crippen LogP) is 1.42. The third kappa shape index (κ3) is 2.75. The molecular weight excluding hydrogens is 292 g/mol. The average molecular weight is 305 g/mol. The molecule has 0 N–H and O–H groups in total. The van der Waals surface area contributed by atoms with Crippen LogP contribution < -0.4 is 4.74 Å². The van der Waals surface area contributed by atoms with Crippen molar-refractivity contribution in [3.8, 4) is 5.75 Å². The van der Waals surface area contributed by atoms with Gasteiger partial charge in [0.05, 0.1) is 6.61 Å². The summed E-state index contributed by atoms with van der Waals surface area (Å²) in [5.41, 5.74) is 0.813. The maximum atomic E-state index is 11.7. The molecule has 1 heterocycles. The number of methoxy groups -OCH3 is 1. The Bertz CT molecular complexity index is 623. The fourth-order valence-corrected chi connectivity index (χ4v) is 3.13. The molecule has 104 valence electrons. The second kappa shape index (κ2) is 5.11. The Hall–Kier alpha value is -1.11. The molecule has 7 heteroatoms. The van der Waals surface area contributed by atoms with E-state index in [4.69, 9.17) is 21.1 Å². The normalized spacial score (nSPS) is 17.9. The fraction of sp³-hybridized carbons (Fsp3) is 0.417. The largest absolute Gasteiger partial charge is 0.486 e. The van der Waals surface area contributed by atoms with E-state index in [1.807, 2.05) is 0 Å². The number of fused-ring (bicyclic) bond motifs is 1. The summed E-state index contributed by atoms with van der Waals surface area (Å²) in [7, 11) is -1.90. The second-order valence-electron chi connectivity index (χ2n) is 4.36. The Morgan fingerprint density at radius 2 is 2.21 bits per heavy atom. The van der Waals surface area contributed by atoms with Gasteiger partial charge in [-0.2, -0.15) is 0 Å². The second-order valence-corrected chi connectivity index (χ2v) is 6.69. The van der Waals surface area contributed by atoms with Crippen molar-refractivity contribution < 1.29 is 22.7 Å². The number of halogens is 1. The molecule has 5 nitrogen and oxygen atoms in total. The zero-order valence-corrected chi connectivity index (χ0v) is 12.0. The summed E-state index contributed by atoms with van der Waals surface area (Å²) in [6.07, 6.45) is 1.19. The lowest BCUT2D eigenvalue weighted by molar-refractivity contribution is 0.0936. The molecule has 19 heavy (non-hydrogen) atoms. The predicted molar refractivity (Wildman–Crippen MR) is 69.7 cm³/mol. The van der Waals surface area contributed by atoms with Crippen LogP contribution in [0.15, 0.2) is 17.0 Å². The number of sulfone groups is 1. The van der Waals surface area contributed by atoms with Crippen LogP contribution in [0.5, 0.6) is 5.75 Å². The van der Waals surface area contributed by atoms with Gasteiger partial charge in [-0.3, -0.25) is 4.79 Å². The van der Waals surface area contributed by atoms with Gasteiger partial charge in [-0.15, -0.1) is 0 Å². The van der Waals surface area contributed by atoms with Crippen LogP contribution in [0, 0.1) is 0 Å². The molecule has 0 amide bonds. The van der Waals surface area contributed by atoms with E-state index >= 15 is 0 Å². The molecule has 0 saturated heterocycles. The van der Waals surface area contributed by atoms with Gasteiger partial charge in [0.25, 0.3) is 5.24 Å². The van der Waals surface area contributed by atoms with Gasteiger partial charge in [-0.05, 0) is 23.7 Å². The zero-order valence-electron chi connectivity index (χ0n) is 10.5. The molecule has 1 aromatic rings. The smallest absolute Gasteiger partial charge is 0.252 e. The van der Waals surface area contributed by atoms with Crippen LogP contribution in [0.2, 0.25) is 0 Å². The Kier molecular flexibility index (Phi) is 3.85. The van der Waals surface area contributed by atoms with Crippen LogP contribution in [0.3, 0.4) is 0 Å². The van der Waals surface area contributed by atoms with Gasteiger partial charge >= 0.3 is 0 Å². The van der Waals surface area contributed by atoms with Crippen LogP contribution in [-0.4, -0.2) is 39.7 Å². The Labute approximate surface area is 116 Å². The van der Waals surface area contributed by atoms with Gasteiger partial charge < -0.3 is 9.47 Å². The van der Waals surface area contributed by atoms with Gasteiger partial charge in [0, 0.05) is 30.9 Å². The first-order valence-corrected chi connectivity index (χ1v) is 7.83. The average Bonchev–Trinajstić information content (AvgIpc) is 2.69. The summed E-state index contributed by atoms with van der Waals surface area (Å²) >= 11 is 5.50. The van der Waals surface area contributed by atoms with Gasteiger partial charge in [-0.25, -0.2) is 8.42 Å². The van der Waals surface area contributed by atoms with Crippen molar-refractivity contribution in [3.05, 3.63) is 23.3 Å². The SMILES string of the molecule is COCC1Cc2c(C(=O)Cl)ccc(S(C)(=O)=O)c2O1. The van der Waals surface area contributed by atoms with Crippen molar-refractivity contribution in [2.75, 3.05) is 20.0 Å². The van der Waals surface area contributed by atoms with E-state index in [2.05, 4.69) is 0 Å². The van der Waals surface area contributed by atoms with Crippen LogP contribution in [0.25, 0.3) is 0 Å². The highest BCUT2D eigenvalue weighted by Crippen LogP contribution is 2.38. The molecule has 0 spiro atoms. The summed E-state index contributed by atoms with van der Waals surface area (Å²) in [5.74, 6) is 0.219. The number of hydrogen-bond donors (Lipinski definition) is 0. The Morgan fingerprint density at radius 3 is 2.74 bits per heavy atom. The molecule has 1 atom stereocenters. The summed E-state index contributed by atoms with van der Waals surface area (Å²) < 4.78 is 34.0. The number of hydrogen-bond acceptors (Lipinski definition) is 5. The molecular formula is C12H13ClO5S. The molecule has 0 aliphatic carbocycles. The molecule has 0 bridgehead atoms. The van der Waals surface area contributed by atoms with Crippen LogP contribution in [0.1, 0.15) is 15.9 Å². The monoisotopic (exact) mass is 304 g/mol. The molecule has 2 rings (SSSR count). The van der Waals surface area contributed by atoms with E-state index in [0.717, 1.165) is 6.26 Å². The van der Waals surface area contributed by atoms with E-state index in [1.165, 1.54) is 19.2 Å². The number of benzene rings is 1. The minimum absolute atomic E-state index is 0.0720. The number of rotatable bonds is 4. The summed E-state index contributed by atoms with van der Waals surface area (Å²) in [4.78, 5) is 11.4. The molecule has 0 fully saturated rings. The molecule has 0 radical (unpaired) electrons. The van der Waals surface area contributed by atoms with Crippen molar-refractivity contribution >= 4 is 26.7 Å². The quantitative estimate of drug-likeness (QED) is 0.787. The van der Waals surface area contributed by atoms with E-state index in [9.17, 15) is 13.2 Å². The van der Waals surface area contributed by atoms with E-state index in [0.29, 0.717) is 18.6 Å². The third-order valence-corrected chi connectivity index (χ3v) is 4.23. The maximum absolute atomic E-state index is 11.7. The molecule has 1 unspecified atom stereocenters. The van der Waals surface area contributed by atoms with E-state index in [-0.39, 0.29) is 22.3 Å². The van der Waals surface area contributed by atoms with Crippen molar-refractivity contribution in [3.63, 3.8) is 0 Å². The molecule has 1 aliphatic heterocycles. The zero-order chi connectivity index (χ0) is 14.2. The fourth-order valence-electron chi connectivity index (χ4n) is 2.13. The summed E-state index contributed by atoms with van der Waals surface area (Å²) in [6.45, 7) is 0.313. The van der Waals surface area contributed by atoms with Gasteiger partial charge in [0.1, 0.15) is 16.7 Å². The highest BCUT2D eigenvalue weighted by atomic mass is 35.5. The van der Waals surface area contributed by atoms with Crippen molar-refractivity contribution in [2.45, 2.75) is 17.4 Å². The number of carbonyl (C=O) groups is 1. The lowest BCUT2D eigenvalue weighted by Gasteiger charge is -2.10. The number of carbonyl (C=O) groups excluding carboxylic acids is 1. The summed E-state index contributed by atoms with van der Waals surface area (Å²) in [6, 6.07) is 2.77. The van der Waals surface area contributed by atoms with Crippen LogP contribution in [-0.2, 0) is 21.0 Å². The van der Waals surface area contributed by atoms with Gasteiger partial charge in [0.15, 0.2) is 9.84 Å². The van der Waals surface area contributed by atoms with Crippen molar-refractivity contribution in [1.29, 1.82) is 0 Å². The minimum atomic E-state index is -3.43. The highest BCUT2D eigenvalue weighted by Gasteiger charge is 2.32. The Morgan fingerprint density at radius 1 is 1.53 bits per heavy atom. The third-order valence-electron chi connectivity index (χ3n) is 2.90. The van der Waals surface area contributed by atoms with Crippen LogP contribution in [0.4, 0.5) is 0 Å². The first kappa shape index (κ1) is 14.3.